The molecule has 3 aromatic rings. The molecule has 0 radical (unpaired) electrons. The molecular weight excluding hydrogens is 472 g/mol. The fraction of sp³-hybridized carbons (Fsp3) is 0.333. The maximum Gasteiger partial charge on any atom is 0.243 e. The van der Waals surface area contributed by atoms with Gasteiger partial charge in [0.15, 0.2) is 5.13 Å². The van der Waals surface area contributed by atoms with Crippen LogP contribution in [-0.2, 0) is 14.8 Å². The number of sulfonamides is 1. The minimum absolute atomic E-state index is 0.142. The summed E-state index contributed by atoms with van der Waals surface area (Å²) in [5.74, 6) is 0.130. The summed E-state index contributed by atoms with van der Waals surface area (Å²) in [4.78, 5) is 17.8. The van der Waals surface area contributed by atoms with E-state index in [-0.39, 0.29) is 16.7 Å². The molecule has 0 saturated carbocycles. The molecule has 180 valence electrons. The third-order valence-corrected chi connectivity index (χ3v) is 8.73. The van der Waals surface area contributed by atoms with Crippen LogP contribution in [0.25, 0.3) is 11.3 Å². The van der Waals surface area contributed by atoms with Crippen molar-refractivity contribution >= 4 is 38.1 Å². The average Bonchev–Trinajstić information content (AvgIpc) is 3.34. The van der Waals surface area contributed by atoms with Crippen molar-refractivity contribution in [3.63, 3.8) is 0 Å². The van der Waals surface area contributed by atoms with Crippen molar-refractivity contribution in [1.82, 2.24) is 9.29 Å². The second-order valence-corrected chi connectivity index (χ2v) is 11.0. The van der Waals surface area contributed by atoms with Gasteiger partial charge in [-0.15, -0.1) is 11.3 Å². The highest BCUT2D eigenvalue weighted by Gasteiger charge is 2.32. The zero-order valence-corrected chi connectivity index (χ0v) is 21.0. The smallest absolute Gasteiger partial charge is 0.243 e. The maximum atomic E-state index is 13.0. The number of piperidine rings is 1. The average molecular weight is 501 g/mol. The van der Waals surface area contributed by atoms with Gasteiger partial charge in [0, 0.05) is 37.0 Å². The second-order valence-electron chi connectivity index (χ2n) is 8.18. The first kappa shape index (κ1) is 24.2. The lowest BCUT2D eigenvalue weighted by molar-refractivity contribution is -0.120. The number of anilines is 2. The number of carbonyl (C=O) groups is 1. The molecule has 0 spiro atoms. The number of hydrogen-bond donors (Lipinski definition) is 2. The Hall–Kier alpha value is -2.95. The van der Waals surface area contributed by atoms with E-state index in [1.165, 1.54) is 15.6 Å². The largest absolute Gasteiger partial charge is 0.495 e. The lowest BCUT2D eigenvalue weighted by Gasteiger charge is -2.30. The molecule has 10 heteroatoms. The van der Waals surface area contributed by atoms with E-state index in [0.717, 1.165) is 22.0 Å². The van der Waals surface area contributed by atoms with Crippen molar-refractivity contribution in [3.8, 4) is 17.0 Å². The standard InChI is InChI=1S/C24H28N4O4S2/c1-16-4-7-19(8-5-16)34(30,31)28-12-10-17(11-13-28)23(29)26-20-14-18(6-9-22(20)32-3)21-15-33-24(25-2)27-21/h4-9,14-15,17H,10-13H2,1-3H3,(H,25,27)(H,26,29). The minimum atomic E-state index is -3.56. The molecule has 0 unspecified atom stereocenters. The van der Waals surface area contributed by atoms with Crippen LogP contribution in [0.2, 0.25) is 0 Å². The van der Waals surface area contributed by atoms with Crippen molar-refractivity contribution in [2.45, 2.75) is 24.7 Å². The number of hydrogen-bond acceptors (Lipinski definition) is 7. The van der Waals surface area contributed by atoms with Gasteiger partial charge in [-0.2, -0.15) is 4.31 Å². The number of thiazole rings is 1. The summed E-state index contributed by atoms with van der Waals surface area (Å²) < 4.78 is 32.8. The Morgan fingerprint density at radius 2 is 1.85 bits per heavy atom. The fourth-order valence-corrected chi connectivity index (χ4v) is 6.09. The van der Waals surface area contributed by atoms with Gasteiger partial charge in [0.25, 0.3) is 0 Å². The summed E-state index contributed by atoms with van der Waals surface area (Å²) in [7, 11) is -0.188. The van der Waals surface area contributed by atoms with Crippen LogP contribution >= 0.6 is 11.3 Å². The van der Waals surface area contributed by atoms with Crippen molar-refractivity contribution in [1.29, 1.82) is 0 Å². The molecule has 2 N–H and O–H groups in total. The van der Waals surface area contributed by atoms with Gasteiger partial charge in [-0.05, 0) is 50.1 Å². The van der Waals surface area contributed by atoms with Crippen molar-refractivity contribution in [2.75, 3.05) is 37.9 Å². The van der Waals surface area contributed by atoms with E-state index in [0.29, 0.717) is 37.4 Å². The molecule has 0 bridgehead atoms. The fourth-order valence-electron chi connectivity index (χ4n) is 3.94. The Balaban J connectivity index is 1.43. The Morgan fingerprint density at radius 1 is 1.15 bits per heavy atom. The van der Waals surface area contributed by atoms with E-state index in [1.807, 2.05) is 31.5 Å². The van der Waals surface area contributed by atoms with E-state index in [2.05, 4.69) is 15.6 Å². The first-order valence-electron chi connectivity index (χ1n) is 11.0. The first-order chi connectivity index (χ1) is 16.3. The van der Waals surface area contributed by atoms with Crippen LogP contribution in [0.15, 0.2) is 52.7 Å². The number of aromatic nitrogens is 1. The van der Waals surface area contributed by atoms with Crippen LogP contribution in [0.1, 0.15) is 18.4 Å². The van der Waals surface area contributed by atoms with Crippen LogP contribution in [0.5, 0.6) is 5.75 Å². The molecule has 1 aliphatic heterocycles. The van der Waals surface area contributed by atoms with E-state index < -0.39 is 10.0 Å². The summed E-state index contributed by atoms with van der Waals surface area (Å²) in [6.45, 7) is 2.52. The number of nitrogens with zero attached hydrogens (tertiary/aromatic N) is 2. The van der Waals surface area contributed by atoms with Crippen molar-refractivity contribution in [2.24, 2.45) is 5.92 Å². The van der Waals surface area contributed by atoms with Gasteiger partial charge in [0.1, 0.15) is 5.75 Å². The maximum absolute atomic E-state index is 13.0. The highest BCUT2D eigenvalue weighted by Crippen LogP contribution is 2.33. The number of ether oxygens (including phenoxy) is 1. The van der Waals surface area contributed by atoms with E-state index in [9.17, 15) is 13.2 Å². The number of benzene rings is 2. The number of rotatable bonds is 7. The van der Waals surface area contributed by atoms with Gasteiger partial charge in [-0.25, -0.2) is 13.4 Å². The quantitative estimate of drug-likeness (QED) is 0.504. The number of amides is 1. The van der Waals surface area contributed by atoms with Crippen LogP contribution in [0.4, 0.5) is 10.8 Å². The Labute approximate surface area is 204 Å². The molecule has 1 aromatic heterocycles. The molecule has 1 amide bonds. The summed E-state index contributed by atoms with van der Waals surface area (Å²) in [5.41, 5.74) is 3.25. The molecule has 0 atom stereocenters. The molecule has 1 aliphatic rings. The topological polar surface area (TPSA) is 101 Å². The highest BCUT2D eigenvalue weighted by molar-refractivity contribution is 7.89. The lowest BCUT2D eigenvalue weighted by Crippen LogP contribution is -2.41. The van der Waals surface area contributed by atoms with Crippen LogP contribution < -0.4 is 15.4 Å². The van der Waals surface area contributed by atoms with Gasteiger partial charge in [-0.1, -0.05) is 17.7 Å². The third kappa shape index (κ3) is 5.08. The Bertz CT molecular complexity index is 1260. The van der Waals surface area contributed by atoms with Gasteiger partial charge < -0.3 is 15.4 Å². The minimum Gasteiger partial charge on any atom is -0.495 e. The van der Waals surface area contributed by atoms with Gasteiger partial charge in [0.05, 0.1) is 23.4 Å². The number of carbonyl (C=O) groups excluding carboxylic acids is 1. The normalized spacial score (nSPS) is 15.1. The molecule has 34 heavy (non-hydrogen) atoms. The molecule has 1 fully saturated rings. The van der Waals surface area contributed by atoms with Crippen LogP contribution in [0.3, 0.4) is 0 Å². The highest BCUT2D eigenvalue weighted by atomic mass is 32.2. The van der Waals surface area contributed by atoms with Gasteiger partial charge >= 0.3 is 0 Å². The Kier molecular flexibility index (Phi) is 7.20. The van der Waals surface area contributed by atoms with E-state index >= 15 is 0 Å². The molecule has 4 rings (SSSR count). The van der Waals surface area contributed by atoms with Crippen molar-refractivity contribution < 1.29 is 17.9 Å². The first-order valence-corrected chi connectivity index (χ1v) is 13.3. The second kappa shape index (κ2) is 10.1. The SMILES string of the molecule is CNc1nc(-c2ccc(OC)c(NC(=O)C3CCN(S(=O)(=O)c4ccc(C)cc4)CC3)c2)cs1. The van der Waals surface area contributed by atoms with Crippen LogP contribution in [0, 0.1) is 12.8 Å². The molecule has 2 heterocycles. The third-order valence-electron chi connectivity index (χ3n) is 5.95. The van der Waals surface area contributed by atoms with Gasteiger partial charge in [0.2, 0.25) is 15.9 Å². The number of methoxy groups -OCH3 is 1. The molecule has 2 aromatic carbocycles. The summed E-state index contributed by atoms with van der Waals surface area (Å²) in [5, 5.41) is 8.76. The monoisotopic (exact) mass is 500 g/mol. The molecule has 0 aliphatic carbocycles. The molecule has 8 nitrogen and oxygen atoms in total. The van der Waals surface area contributed by atoms with Crippen molar-refractivity contribution in [3.05, 3.63) is 53.4 Å². The predicted octanol–water partition coefficient (Wildman–Crippen LogP) is 4.21. The zero-order chi connectivity index (χ0) is 24.3. The lowest BCUT2D eigenvalue weighted by atomic mass is 9.97. The van der Waals surface area contributed by atoms with Gasteiger partial charge in [-0.3, -0.25) is 4.79 Å². The Morgan fingerprint density at radius 3 is 2.47 bits per heavy atom. The van der Waals surface area contributed by atoms with Crippen LogP contribution in [-0.4, -0.2) is 50.9 Å². The summed E-state index contributed by atoms with van der Waals surface area (Å²) >= 11 is 1.50. The number of aryl methyl sites for hydroxylation is 1. The molecule has 1 saturated heterocycles. The zero-order valence-electron chi connectivity index (χ0n) is 19.4. The summed E-state index contributed by atoms with van der Waals surface area (Å²) in [6, 6.07) is 12.4. The summed E-state index contributed by atoms with van der Waals surface area (Å²) in [6.07, 6.45) is 0.910. The number of nitrogens with one attached hydrogen (secondary N) is 2. The van der Waals surface area contributed by atoms with E-state index in [4.69, 9.17) is 4.74 Å². The van der Waals surface area contributed by atoms with E-state index in [1.54, 1.807) is 37.4 Å². The predicted molar refractivity (Wildman–Crippen MR) is 135 cm³/mol. The molecular formula is C24H28N4O4S2.